The summed E-state index contributed by atoms with van der Waals surface area (Å²) in [5.74, 6) is 0.556. The van der Waals surface area contributed by atoms with Gasteiger partial charge in [0.2, 0.25) is 5.91 Å². The van der Waals surface area contributed by atoms with Gasteiger partial charge in [0.05, 0.1) is 16.4 Å². The maximum absolute atomic E-state index is 12.2. The average molecular weight is 455 g/mol. The number of fused-ring (bicyclic) bond motifs is 1. The average Bonchev–Trinajstić information content (AvgIpc) is 3.43. The number of rotatable bonds is 6. The van der Waals surface area contributed by atoms with Crippen molar-refractivity contribution < 1.29 is 14.3 Å². The third kappa shape index (κ3) is 4.75. The van der Waals surface area contributed by atoms with E-state index in [0.29, 0.717) is 23.7 Å². The predicted octanol–water partition coefficient (Wildman–Crippen LogP) is 5.35. The minimum atomic E-state index is -0.174. The van der Waals surface area contributed by atoms with E-state index in [2.05, 4.69) is 16.4 Å². The Morgan fingerprint density at radius 1 is 1.29 bits per heavy atom. The van der Waals surface area contributed by atoms with E-state index < -0.39 is 0 Å². The van der Waals surface area contributed by atoms with Gasteiger partial charge in [0, 0.05) is 34.3 Å². The molecule has 1 aliphatic heterocycles. The number of aromatic amines is 1. The molecule has 2 N–H and O–H groups in total. The van der Waals surface area contributed by atoms with E-state index in [9.17, 15) is 9.59 Å². The van der Waals surface area contributed by atoms with Gasteiger partial charge in [-0.25, -0.2) is 0 Å². The van der Waals surface area contributed by atoms with Crippen LogP contribution in [-0.4, -0.2) is 29.3 Å². The van der Waals surface area contributed by atoms with Crippen molar-refractivity contribution in [3.8, 4) is 16.2 Å². The molecule has 1 aromatic carbocycles. The second-order valence-corrected chi connectivity index (χ2v) is 9.21. The van der Waals surface area contributed by atoms with Crippen LogP contribution in [0.4, 0.5) is 0 Å². The number of halogens is 1. The first-order valence-corrected chi connectivity index (χ1v) is 11.2. The Balaban J connectivity index is 1.39. The molecule has 1 amide bonds. The minimum absolute atomic E-state index is 0.0542. The lowest BCUT2D eigenvalue weighted by Gasteiger charge is -2.11. The maximum Gasteiger partial charge on any atom is 0.244 e. The zero-order chi connectivity index (χ0) is 22.1. The van der Waals surface area contributed by atoms with Gasteiger partial charge in [0.1, 0.15) is 11.9 Å². The van der Waals surface area contributed by atoms with Crippen molar-refractivity contribution in [3.05, 3.63) is 68.8 Å². The van der Waals surface area contributed by atoms with E-state index in [1.54, 1.807) is 13.0 Å². The molecule has 160 valence electrons. The summed E-state index contributed by atoms with van der Waals surface area (Å²) in [5.41, 5.74) is 5.06. The quantitative estimate of drug-likeness (QED) is 0.389. The molecule has 31 heavy (non-hydrogen) atoms. The molecule has 7 heteroatoms. The Hall–Kier alpha value is -2.83. The number of carbonyl (C=O) groups excluding carboxylic acids is 2. The Labute approximate surface area is 190 Å². The Bertz CT molecular complexity index is 1190. The van der Waals surface area contributed by atoms with E-state index in [4.69, 9.17) is 16.3 Å². The van der Waals surface area contributed by atoms with Crippen LogP contribution in [0.25, 0.3) is 16.5 Å². The maximum atomic E-state index is 12.2. The van der Waals surface area contributed by atoms with Gasteiger partial charge in [-0.1, -0.05) is 11.6 Å². The number of ether oxygens (including phenoxy) is 1. The molecule has 0 fully saturated rings. The summed E-state index contributed by atoms with van der Waals surface area (Å²) in [7, 11) is 0. The number of aromatic nitrogens is 1. The first-order valence-electron chi connectivity index (χ1n) is 10.0. The molecule has 1 aliphatic rings. The van der Waals surface area contributed by atoms with Crippen LogP contribution in [0.15, 0.2) is 36.4 Å². The van der Waals surface area contributed by atoms with Crippen LogP contribution in [-0.2, 0) is 11.2 Å². The van der Waals surface area contributed by atoms with Gasteiger partial charge in [-0.05, 0) is 68.3 Å². The summed E-state index contributed by atoms with van der Waals surface area (Å²) in [6.45, 7) is 5.91. The highest BCUT2D eigenvalue weighted by molar-refractivity contribution is 7.17. The molecule has 0 radical (unpaired) electrons. The fourth-order valence-electron chi connectivity index (χ4n) is 3.68. The first-order chi connectivity index (χ1) is 14.8. The van der Waals surface area contributed by atoms with Crippen LogP contribution >= 0.6 is 22.9 Å². The van der Waals surface area contributed by atoms with Gasteiger partial charge >= 0.3 is 0 Å². The Kier molecular flexibility index (Phi) is 6.03. The number of benzene rings is 1. The zero-order valence-corrected chi connectivity index (χ0v) is 19.1. The monoisotopic (exact) mass is 454 g/mol. The molecule has 3 aromatic rings. The van der Waals surface area contributed by atoms with E-state index in [1.165, 1.54) is 17.4 Å². The molecule has 0 aliphatic carbocycles. The lowest BCUT2D eigenvalue weighted by molar-refractivity contribution is -0.116. The summed E-state index contributed by atoms with van der Waals surface area (Å²) < 4.78 is 5.98. The summed E-state index contributed by atoms with van der Waals surface area (Å²) in [6, 6.07) is 9.69. The fourth-order valence-corrected chi connectivity index (χ4v) is 4.86. The van der Waals surface area contributed by atoms with Crippen LogP contribution in [0.2, 0.25) is 5.02 Å². The van der Waals surface area contributed by atoms with E-state index in [0.717, 1.165) is 37.8 Å². The van der Waals surface area contributed by atoms with E-state index in [-0.39, 0.29) is 17.8 Å². The summed E-state index contributed by atoms with van der Waals surface area (Å²) in [6.07, 6.45) is 3.82. The number of H-pyrrole nitrogens is 1. The topological polar surface area (TPSA) is 71.2 Å². The molecule has 1 atom stereocenters. The number of aryl methyl sites for hydroxylation is 2. The van der Waals surface area contributed by atoms with Crippen LogP contribution in [0.3, 0.4) is 0 Å². The van der Waals surface area contributed by atoms with Crippen LogP contribution in [0, 0.1) is 13.8 Å². The molecule has 2 aromatic heterocycles. The number of nitrogens with one attached hydrogen (secondary N) is 2. The molecular formula is C24H23ClN2O3S. The largest absolute Gasteiger partial charge is 0.486 e. The number of Topliss-reactive ketones (excluding diaryl/α,β-unsaturated/α-hetero) is 1. The third-order valence-electron chi connectivity index (χ3n) is 5.20. The number of ketones is 1. The molecule has 4 rings (SSSR count). The van der Waals surface area contributed by atoms with Crippen molar-refractivity contribution in [3.63, 3.8) is 0 Å². The fraction of sp³-hybridized carbons (Fsp3) is 0.250. The van der Waals surface area contributed by atoms with Crippen LogP contribution < -0.4 is 10.1 Å². The van der Waals surface area contributed by atoms with Gasteiger partial charge in [-0.15, -0.1) is 11.3 Å². The van der Waals surface area contributed by atoms with Gasteiger partial charge in [0.25, 0.3) is 0 Å². The second kappa shape index (κ2) is 8.73. The number of hydrogen-bond donors (Lipinski definition) is 2. The van der Waals surface area contributed by atoms with Crippen LogP contribution in [0.5, 0.6) is 5.75 Å². The van der Waals surface area contributed by atoms with Crippen molar-refractivity contribution in [2.75, 3.05) is 6.54 Å². The highest BCUT2D eigenvalue weighted by Gasteiger charge is 2.26. The first kappa shape index (κ1) is 21.4. The molecule has 5 nitrogen and oxygen atoms in total. The predicted molar refractivity (Wildman–Crippen MR) is 125 cm³/mol. The molecule has 1 unspecified atom stereocenters. The van der Waals surface area contributed by atoms with Gasteiger partial charge in [-0.2, -0.15) is 0 Å². The Morgan fingerprint density at radius 2 is 2.10 bits per heavy atom. The molecular weight excluding hydrogens is 432 g/mol. The highest BCUT2D eigenvalue weighted by Crippen LogP contribution is 2.41. The molecule has 0 saturated carbocycles. The zero-order valence-electron chi connectivity index (χ0n) is 17.5. The third-order valence-corrected chi connectivity index (χ3v) is 6.71. The van der Waals surface area contributed by atoms with Gasteiger partial charge < -0.3 is 15.0 Å². The van der Waals surface area contributed by atoms with Crippen LogP contribution in [0.1, 0.15) is 39.1 Å². The van der Waals surface area contributed by atoms with Crippen molar-refractivity contribution in [1.29, 1.82) is 0 Å². The van der Waals surface area contributed by atoms with Crippen molar-refractivity contribution >= 4 is 40.7 Å². The standard InChI is InChI=1S/C24H23ClN2O3S/c1-13-8-16(14(2)27-13)4-7-23(29)26-12-19-10-18-9-17(11-20(25)24(18)30-19)22-6-5-21(31-22)15(3)28/h4-9,11,19,27H,10,12H2,1-3H3,(H,26,29). The van der Waals surface area contributed by atoms with E-state index >= 15 is 0 Å². The summed E-state index contributed by atoms with van der Waals surface area (Å²) in [4.78, 5) is 28.7. The van der Waals surface area contributed by atoms with Gasteiger partial charge in [-0.3, -0.25) is 9.59 Å². The molecule has 0 bridgehead atoms. The van der Waals surface area contributed by atoms with Gasteiger partial charge in [0.15, 0.2) is 5.78 Å². The molecule has 0 saturated heterocycles. The highest BCUT2D eigenvalue weighted by atomic mass is 35.5. The van der Waals surface area contributed by atoms with E-state index in [1.807, 2.05) is 38.1 Å². The Morgan fingerprint density at radius 3 is 2.77 bits per heavy atom. The van der Waals surface area contributed by atoms with Crippen molar-refractivity contribution in [2.24, 2.45) is 0 Å². The smallest absolute Gasteiger partial charge is 0.244 e. The lowest BCUT2D eigenvalue weighted by Crippen LogP contribution is -2.33. The summed E-state index contributed by atoms with van der Waals surface area (Å²) in [5, 5.41) is 3.44. The molecule has 3 heterocycles. The lowest BCUT2D eigenvalue weighted by atomic mass is 10.1. The summed E-state index contributed by atoms with van der Waals surface area (Å²) >= 11 is 7.92. The minimum Gasteiger partial charge on any atom is -0.486 e. The normalized spacial score (nSPS) is 15.2. The second-order valence-electron chi connectivity index (χ2n) is 7.72. The number of hydrogen-bond acceptors (Lipinski definition) is 4. The number of amides is 1. The molecule has 0 spiro atoms. The van der Waals surface area contributed by atoms with Crippen molar-refractivity contribution in [1.82, 2.24) is 10.3 Å². The van der Waals surface area contributed by atoms with Crippen molar-refractivity contribution in [2.45, 2.75) is 33.3 Å². The number of thiophene rings is 1. The number of carbonyl (C=O) groups is 2. The SMILES string of the molecule is CC(=O)c1ccc(-c2cc(Cl)c3c(c2)CC(CNC(=O)C=Cc2cc(C)[nH]c2C)O3)s1.